The molecule has 0 radical (unpaired) electrons. The van der Waals surface area contributed by atoms with Crippen LogP contribution in [0.5, 0.6) is 0 Å². The molecule has 0 unspecified atom stereocenters. The first kappa shape index (κ1) is 13.2. The number of nitrogens with zero attached hydrogens (tertiary/aromatic N) is 3. The lowest BCUT2D eigenvalue weighted by molar-refractivity contribution is -0.116. The number of carbonyl (C=O) groups is 1. The zero-order chi connectivity index (χ0) is 14.1. The quantitative estimate of drug-likeness (QED) is 0.814. The molecule has 1 aliphatic heterocycles. The normalized spacial score (nSPS) is 17.3. The number of hydrogen-bond acceptors (Lipinski definition) is 3. The molecule has 1 aliphatic rings. The Balaban J connectivity index is 1.73. The number of rotatable bonds is 3. The number of carbonyl (C=O) groups excluding carboxylic acids is 1. The van der Waals surface area contributed by atoms with Gasteiger partial charge in [-0.3, -0.25) is 4.79 Å². The summed E-state index contributed by atoms with van der Waals surface area (Å²) in [5.74, 6) is 0.569. The van der Waals surface area contributed by atoms with Crippen molar-refractivity contribution in [3.8, 4) is 0 Å². The molecule has 0 N–H and O–H groups in total. The van der Waals surface area contributed by atoms with Gasteiger partial charge in [-0.25, -0.2) is 4.98 Å². The average molecular weight is 287 g/mol. The second-order valence-corrected chi connectivity index (χ2v) is 6.00. The summed E-state index contributed by atoms with van der Waals surface area (Å²) in [4.78, 5) is 18.6. The first-order chi connectivity index (χ1) is 9.66. The summed E-state index contributed by atoms with van der Waals surface area (Å²) in [6.45, 7) is 2.10. The van der Waals surface area contributed by atoms with Crippen LogP contribution >= 0.6 is 11.8 Å². The predicted molar refractivity (Wildman–Crippen MR) is 81.0 cm³/mol. The van der Waals surface area contributed by atoms with Crippen molar-refractivity contribution in [2.45, 2.75) is 24.5 Å². The van der Waals surface area contributed by atoms with Gasteiger partial charge >= 0.3 is 0 Å². The maximum absolute atomic E-state index is 12.5. The van der Waals surface area contributed by atoms with Gasteiger partial charge in [0.2, 0.25) is 5.91 Å². The van der Waals surface area contributed by atoms with E-state index in [9.17, 15) is 4.79 Å². The molecule has 2 heterocycles. The molecule has 20 heavy (non-hydrogen) atoms. The van der Waals surface area contributed by atoms with Crippen molar-refractivity contribution < 1.29 is 4.79 Å². The Bertz CT molecular complexity index is 638. The lowest BCUT2D eigenvalue weighted by atomic mass is 10.1. The molecule has 0 fully saturated rings. The molecule has 1 atom stereocenters. The van der Waals surface area contributed by atoms with Gasteiger partial charge in [-0.05, 0) is 25.0 Å². The van der Waals surface area contributed by atoms with Gasteiger partial charge in [0.15, 0.2) is 5.16 Å². The van der Waals surface area contributed by atoms with E-state index in [1.807, 2.05) is 40.9 Å². The Labute approximate surface area is 122 Å². The molecule has 0 saturated heterocycles. The minimum Gasteiger partial charge on any atom is -0.329 e. The number of imidazole rings is 1. The summed E-state index contributed by atoms with van der Waals surface area (Å²) in [7, 11) is 1.94. The summed E-state index contributed by atoms with van der Waals surface area (Å²) < 4.78 is 1.93. The fourth-order valence-electron chi connectivity index (χ4n) is 2.63. The number of aromatic nitrogens is 2. The topological polar surface area (TPSA) is 38.1 Å². The van der Waals surface area contributed by atoms with E-state index in [4.69, 9.17) is 0 Å². The molecule has 1 amide bonds. The van der Waals surface area contributed by atoms with Crippen LogP contribution < -0.4 is 4.90 Å². The molecule has 0 aliphatic carbocycles. The standard InChI is InChI=1S/C15H17N3OS/c1-11-9-12-5-3-4-6-13(12)18(11)14(19)10-20-15-16-7-8-17(15)2/h3-8,11H,9-10H2,1-2H3/t11-/m1/s1. The zero-order valence-corrected chi connectivity index (χ0v) is 12.4. The average Bonchev–Trinajstić information content (AvgIpc) is 2.98. The van der Waals surface area contributed by atoms with Gasteiger partial charge in [-0.2, -0.15) is 0 Å². The van der Waals surface area contributed by atoms with Crippen LogP contribution in [0.25, 0.3) is 0 Å². The first-order valence-electron chi connectivity index (χ1n) is 6.67. The van der Waals surface area contributed by atoms with E-state index in [0.29, 0.717) is 5.75 Å². The Morgan fingerprint density at radius 2 is 2.25 bits per heavy atom. The molecular formula is C15H17N3OS. The van der Waals surface area contributed by atoms with Crippen molar-refractivity contribution in [2.75, 3.05) is 10.7 Å². The molecule has 2 aromatic rings. The van der Waals surface area contributed by atoms with E-state index in [1.54, 1.807) is 6.20 Å². The van der Waals surface area contributed by atoms with Crippen molar-refractivity contribution in [1.29, 1.82) is 0 Å². The smallest absolute Gasteiger partial charge is 0.237 e. The third kappa shape index (κ3) is 2.33. The van der Waals surface area contributed by atoms with Crippen LogP contribution in [0.2, 0.25) is 0 Å². The van der Waals surface area contributed by atoms with Crippen LogP contribution in [-0.4, -0.2) is 27.3 Å². The molecule has 0 spiro atoms. The molecular weight excluding hydrogens is 270 g/mol. The van der Waals surface area contributed by atoms with Crippen molar-refractivity contribution in [1.82, 2.24) is 9.55 Å². The monoisotopic (exact) mass is 287 g/mol. The van der Waals surface area contributed by atoms with Gasteiger partial charge in [0.05, 0.1) is 5.75 Å². The summed E-state index contributed by atoms with van der Waals surface area (Å²) in [6, 6.07) is 8.39. The fraction of sp³-hybridized carbons (Fsp3) is 0.333. The second kappa shape index (κ2) is 5.32. The highest BCUT2D eigenvalue weighted by atomic mass is 32.2. The van der Waals surface area contributed by atoms with Gasteiger partial charge in [0, 0.05) is 31.2 Å². The Hall–Kier alpha value is -1.75. The minimum atomic E-state index is 0.149. The van der Waals surface area contributed by atoms with Crippen LogP contribution in [0.3, 0.4) is 0 Å². The number of aryl methyl sites for hydroxylation is 1. The number of benzene rings is 1. The van der Waals surface area contributed by atoms with Gasteiger partial charge < -0.3 is 9.47 Å². The number of amides is 1. The SMILES string of the molecule is C[C@@H]1Cc2ccccc2N1C(=O)CSc1nccn1C. The van der Waals surface area contributed by atoms with Gasteiger partial charge in [0.25, 0.3) is 0 Å². The molecule has 1 aromatic carbocycles. The van der Waals surface area contributed by atoms with Crippen molar-refractivity contribution in [3.63, 3.8) is 0 Å². The predicted octanol–water partition coefficient (Wildman–Crippen LogP) is 2.49. The van der Waals surface area contributed by atoms with Crippen LogP contribution in [-0.2, 0) is 18.3 Å². The molecule has 104 valence electrons. The van der Waals surface area contributed by atoms with Crippen LogP contribution in [0.15, 0.2) is 41.8 Å². The van der Waals surface area contributed by atoms with E-state index in [2.05, 4.69) is 18.0 Å². The number of hydrogen-bond donors (Lipinski definition) is 0. The van der Waals surface area contributed by atoms with Crippen molar-refractivity contribution in [3.05, 3.63) is 42.2 Å². The van der Waals surface area contributed by atoms with Crippen molar-refractivity contribution >= 4 is 23.4 Å². The summed E-state index contributed by atoms with van der Waals surface area (Å²) in [5, 5.41) is 0.874. The second-order valence-electron chi connectivity index (χ2n) is 5.05. The van der Waals surface area contributed by atoms with E-state index >= 15 is 0 Å². The number of fused-ring (bicyclic) bond motifs is 1. The molecule has 5 heteroatoms. The minimum absolute atomic E-state index is 0.149. The van der Waals surface area contributed by atoms with Gasteiger partial charge in [-0.15, -0.1) is 0 Å². The highest BCUT2D eigenvalue weighted by molar-refractivity contribution is 7.99. The fourth-order valence-corrected chi connectivity index (χ4v) is 3.42. The summed E-state index contributed by atoms with van der Waals surface area (Å²) in [6.07, 6.45) is 4.58. The maximum Gasteiger partial charge on any atom is 0.237 e. The molecule has 1 aromatic heterocycles. The molecule has 0 bridgehead atoms. The third-order valence-electron chi connectivity index (χ3n) is 3.58. The Morgan fingerprint density at radius 1 is 1.45 bits per heavy atom. The number of thioether (sulfide) groups is 1. The summed E-state index contributed by atoms with van der Waals surface area (Å²) in [5.41, 5.74) is 2.32. The van der Waals surface area contributed by atoms with E-state index < -0.39 is 0 Å². The third-order valence-corrected chi connectivity index (χ3v) is 4.62. The number of para-hydroxylation sites is 1. The van der Waals surface area contributed by atoms with Crippen LogP contribution in [0, 0.1) is 0 Å². The van der Waals surface area contributed by atoms with Gasteiger partial charge in [0.1, 0.15) is 0 Å². The lowest BCUT2D eigenvalue weighted by Crippen LogP contribution is -2.37. The van der Waals surface area contributed by atoms with E-state index in [-0.39, 0.29) is 11.9 Å². The number of anilines is 1. The van der Waals surface area contributed by atoms with Crippen LogP contribution in [0.1, 0.15) is 12.5 Å². The lowest BCUT2D eigenvalue weighted by Gasteiger charge is -2.22. The molecule has 0 saturated carbocycles. The molecule has 4 nitrogen and oxygen atoms in total. The van der Waals surface area contributed by atoms with E-state index in [0.717, 1.165) is 17.3 Å². The largest absolute Gasteiger partial charge is 0.329 e. The van der Waals surface area contributed by atoms with Crippen LogP contribution in [0.4, 0.5) is 5.69 Å². The summed E-state index contributed by atoms with van der Waals surface area (Å²) >= 11 is 1.49. The van der Waals surface area contributed by atoms with Gasteiger partial charge in [-0.1, -0.05) is 30.0 Å². The highest BCUT2D eigenvalue weighted by Crippen LogP contribution is 2.32. The maximum atomic E-state index is 12.5. The molecule has 3 rings (SSSR count). The first-order valence-corrected chi connectivity index (χ1v) is 7.65. The Morgan fingerprint density at radius 3 is 3.00 bits per heavy atom. The van der Waals surface area contributed by atoms with E-state index in [1.165, 1.54) is 17.3 Å². The zero-order valence-electron chi connectivity index (χ0n) is 11.6. The highest BCUT2D eigenvalue weighted by Gasteiger charge is 2.30. The Kier molecular flexibility index (Phi) is 3.53. The van der Waals surface area contributed by atoms with Crippen molar-refractivity contribution in [2.24, 2.45) is 7.05 Å².